The Morgan fingerprint density at radius 3 is 2.58 bits per heavy atom. The summed E-state index contributed by atoms with van der Waals surface area (Å²) < 4.78 is 2.11. The van der Waals surface area contributed by atoms with Crippen molar-refractivity contribution in [2.75, 3.05) is 25.5 Å². The van der Waals surface area contributed by atoms with Crippen LogP contribution in [0.4, 0.5) is 5.82 Å². The van der Waals surface area contributed by atoms with Crippen LogP contribution in [0.1, 0.15) is 51.0 Å². The molecule has 31 heavy (non-hydrogen) atoms. The Kier molecular flexibility index (Phi) is 5.68. The van der Waals surface area contributed by atoms with Gasteiger partial charge in [0.25, 0.3) is 0 Å². The van der Waals surface area contributed by atoms with Gasteiger partial charge in [0.2, 0.25) is 5.91 Å². The lowest BCUT2D eigenvalue weighted by Crippen LogP contribution is -2.31. The highest BCUT2D eigenvalue weighted by molar-refractivity contribution is 5.94. The first-order valence-electron chi connectivity index (χ1n) is 11.5. The SMILES string of the molecule is CN1CCC(n2cc(-c3cnc4cnc(NC(=O)C5CCCCC5)cc4c3)cn2)CC1. The fourth-order valence-electron chi connectivity index (χ4n) is 4.80. The molecule has 2 fully saturated rings. The molecule has 0 aromatic carbocycles. The summed E-state index contributed by atoms with van der Waals surface area (Å²) in [5, 5.41) is 8.62. The Bertz CT molecular complexity index is 1060. The fraction of sp³-hybridized carbons (Fsp3) is 0.500. The van der Waals surface area contributed by atoms with E-state index < -0.39 is 0 Å². The van der Waals surface area contributed by atoms with Gasteiger partial charge >= 0.3 is 0 Å². The molecule has 1 aliphatic carbocycles. The molecule has 2 aliphatic rings. The van der Waals surface area contributed by atoms with E-state index in [-0.39, 0.29) is 11.8 Å². The highest BCUT2D eigenvalue weighted by atomic mass is 16.1. The van der Waals surface area contributed by atoms with Crippen LogP contribution in [0.5, 0.6) is 0 Å². The summed E-state index contributed by atoms with van der Waals surface area (Å²) in [4.78, 5) is 23.9. The highest BCUT2D eigenvalue weighted by Gasteiger charge is 2.22. The maximum atomic E-state index is 12.6. The molecule has 0 unspecified atom stereocenters. The van der Waals surface area contributed by atoms with Crippen molar-refractivity contribution in [1.29, 1.82) is 0 Å². The second-order valence-electron chi connectivity index (χ2n) is 9.05. The van der Waals surface area contributed by atoms with Gasteiger partial charge in [0.05, 0.1) is 24.0 Å². The van der Waals surface area contributed by atoms with Crippen LogP contribution in [-0.2, 0) is 4.79 Å². The van der Waals surface area contributed by atoms with Crippen molar-refractivity contribution in [2.24, 2.45) is 5.92 Å². The van der Waals surface area contributed by atoms with Crippen molar-refractivity contribution in [3.8, 4) is 11.1 Å². The van der Waals surface area contributed by atoms with Crippen molar-refractivity contribution in [2.45, 2.75) is 51.0 Å². The summed E-state index contributed by atoms with van der Waals surface area (Å²) >= 11 is 0. The van der Waals surface area contributed by atoms with Gasteiger partial charge in [-0.3, -0.25) is 14.5 Å². The average molecular weight is 419 g/mol. The lowest BCUT2D eigenvalue weighted by atomic mass is 9.89. The van der Waals surface area contributed by atoms with Crippen LogP contribution in [0.3, 0.4) is 0 Å². The number of likely N-dealkylation sites (tertiary alicyclic amines) is 1. The lowest BCUT2D eigenvalue weighted by molar-refractivity contribution is -0.120. The summed E-state index contributed by atoms with van der Waals surface area (Å²) in [6.45, 7) is 2.22. The Morgan fingerprint density at radius 1 is 0.968 bits per heavy atom. The van der Waals surface area contributed by atoms with Crippen LogP contribution in [0.15, 0.2) is 36.9 Å². The van der Waals surface area contributed by atoms with E-state index in [0.717, 1.165) is 73.6 Å². The minimum Gasteiger partial charge on any atom is -0.310 e. The molecule has 7 nitrogen and oxygen atoms in total. The lowest BCUT2D eigenvalue weighted by Gasteiger charge is -2.28. The first-order chi connectivity index (χ1) is 15.2. The van der Waals surface area contributed by atoms with Crippen LogP contribution in [-0.4, -0.2) is 50.7 Å². The first kappa shape index (κ1) is 20.1. The maximum absolute atomic E-state index is 12.6. The van der Waals surface area contributed by atoms with Gasteiger partial charge in [-0.05, 0) is 58.0 Å². The monoisotopic (exact) mass is 418 g/mol. The number of nitrogens with one attached hydrogen (secondary N) is 1. The molecule has 4 heterocycles. The van der Waals surface area contributed by atoms with E-state index in [0.29, 0.717) is 11.9 Å². The molecule has 1 N–H and O–H groups in total. The second kappa shape index (κ2) is 8.75. The van der Waals surface area contributed by atoms with Crippen molar-refractivity contribution in [1.82, 2.24) is 24.6 Å². The minimum atomic E-state index is 0.0927. The standard InChI is InChI=1S/C24H30N6O/c1-29-9-7-21(8-10-29)30-16-20(14-27-30)19-11-18-12-23(26-15-22(18)25-13-19)28-24(31)17-5-3-2-4-6-17/h11-17,21H,2-10H2,1H3,(H,26,28,31). The van der Waals surface area contributed by atoms with Gasteiger partial charge in [0, 0.05) is 34.8 Å². The normalized spacial score (nSPS) is 19.0. The van der Waals surface area contributed by atoms with Crippen molar-refractivity contribution < 1.29 is 4.79 Å². The Hall–Kier alpha value is -2.80. The molecule has 0 spiro atoms. The third-order valence-electron chi connectivity index (χ3n) is 6.79. The molecule has 1 amide bonds. The number of rotatable bonds is 4. The smallest absolute Gasteiger partial charge is 0.228 e. The van der Waals surface area contributed by atoms with Gasteiger partial charge in [-0.15, -0.1) is 0 Å². The van der Waals surface area contributed by atoms with E-state index in [1.165, 1.54) is 6.42 Å². The van der Waals surface area contributed by atoms with Crippen LogP contribution in [0.2, 0.25) is 0 Å². The second-order valence-corrected chi connectivity index (χ2v) is 9.05. The summed E-state index contributed by atoms with van der Waals surface area (Å²) in [6.07, 6.45) is 15.4. The number of anilines is 1. The number of nitrogens with zero attached hydrogens (tertiary/aromatic N) is 5. The zero-order chi connectivity index (χ0) is 21.2. The predicted molar refractivity (Wildman–Crippen MR) is 122 cm³/mol. The van der Waals surface area contributed by atoms with Gasteiger partial charge in [0.15, 0.2) is 0 Å². The number of pyridine rings is 2. The summed E-state index contributed by atoms with van der Waals surface area (Å²) in [7, 11) is 2.17. The van der Waals surface area contributed by atoms with Crippen LogP contribution in [0, 0.1) is 5.92 Å². The molecular formula is C24H30N6O. The maximum Gasteiger partial charge on any atom is 0.228 e. The zero-order valence-electron chi connectivity index (χ0n) is 18.1. The van der Waals surface area contributed by atoms with Gasteiger partial charge in [-0.2, -0.15) is 5.10 Å². The van der Waals surface area contributed by atoms with Crippen LogP contribution >= 0.6 is 0 Å². The summed E-state index contributed by atoms with van der Waals surface area (Å²) in [5.41, 5.74) is 2.92. The van der Waals surface area contributed by atoms with E-state index >= 15 is 0 Å². The molecule has 5 rings (SSSR count). The van der Waals surface area contributed by atoms with E-state index in [4.69, 9.17) is 0 Å². The molecule has 162 valence electrons. The number of carbonyl (C=O) groups excluding carboxylic acids is 1. The van der Waals surface area contributed by atoms with E-state index in [1.54, 1.807) is 6.20 Å². The van der Waals surface area contributed by atoms with Gasteiger partial charge < -0.3 is 10.2 Å². The van der Waals surface area contributed by atoms with E-state index in [1.807, 2.05) is 18.5 Å². The number of amides is 1. The van der Waals surface area contributed by atoms with Crippen LogP contribution in [0.25, 0.3) is 22.0 Å². The van der Waals surface area contributed by atoms with Crippen molar-refractivity contribution in [3.05, 3.63) is 36.9 Å². The average Bonchev–Trinajstić information content (AvgIpc) is 3.30. The molecule has 0 radical (unpaired) electrons. The van der Waals surface area contributed by atoms with E-state index in [2.05, 4.69) is 49.3 Å². The quantitative estimate of drug-likeness (QED) is 0.684. The first-order valence-corrected chi connectivity index (χ1v) is 11.5. The van der Waals surface area contributed by atoms with Gasteiger partial charge in [-0.25, -0.2) is 4.98 Å². The molecule has 3 aromatic rings. The van der Waals surface area contributed by atoms with Crippen molar-refractivity contribution in [3.63, 3.8) is 0 Å². The highest BCUT2D eigenvalue weighted by Crippen LogP contribution is 2.28. The van der Waals surface area contributed by atoms with E-state index in [9.17, 15) is 4.79 Å². The number of piperidine rings is 1. The number of hydrogen-bond donors (Lipinski definition) is 1. The Balaban J connectivity index is 1.34. The van der Waals surface area contributed by atoms with Crippen LogP contribution < -0.4 is 5.32 Å². The largest absolute Gasteiger partial charge is 0.310 e. The molecule has 0 atom stereocenters. The predicted octanol–water partition coefficient (Wildman–Crippen LogP) is 4.28. The molecule has 0 bridgehead atoms. The molecule has 1 aliphatic heterocycles. The molecular weight excluding hydrogens is 388 g/mol. The third-order valence-corrected chi connectivity index (χ3v) is 6.79. The van der Waals surface area contributed by atoms with Gasteiger partial charge in [0.1, 0.15) is 5.82 Å². The number of aromatic nitrogens is 4. The fourth-order valence-corrected chi connectivity index (χ4v) is 4.80. The number of fused-ring (bicyclic) bond motifs is 1. The number of hydrogen-bond acceptors (Lipinski definition) is 5. The number of carbonyl (C=O) groups is 1. The topological polar surface area (TPSA) is 75.9 Å². The summed E-state index contributed by atoms with van der Waals surface area (Å²) in [6, 6.07) is 4.49. The molecule has 7 heteroatoms. The van der Waals surface area contributed by atoms with Gasteiger partial charge in [-0.1, -0.05) is 19.3 Å². The molecule has 3 aromatic heterocycles. The minimum absolute atomic E-state index is 0.0927. The van der Waals surface area contributed by atoms with Crippen molar-refractivity contribution >= 4 is 22.6 Å². The molecule has 1 saturated carbocycles. The summed E-state index contributed by atoms with van der Waals surface area (Å²) in [5.74, 6) is 0.806. The zero-order valence-corrected chi connectivity index (χ0v) is 18.1. The Morgan fingerprint density at radius 2 is 1.77 bits per heavy atom. The molecule has 1 saturated heterocycles. The third kappa shape index (κ3) is 4.46. The Labute approximate surface area is 182 Å².